The summed E-state index contributed by atoms with van der Waals surface area (Å²) in [6.07, 6.45) is 2.53. The van der Waals surface area contributed by atoms with Crippen LogP contribution in [0.2, 0.25) is 0 Å². The van der Waals surface area contributed by atoms with Crippen LogP contribution < -0.4 is 5.32 Å². The summed E-state index contributed by atoms with van der Waals surface area (Å²) in [4.78, 5) is 0. The SMILES string of the molecule is C=CC(C)NCc1c(C)nn(C2CCS(=O)(=O)C2)c1C. The number of sulfone groups is 1. The van der Waals surface area contributed by atoms with Crippen LogP contribution in [-0.2, 0) is 16.4 Å². The van der Waals surface area contributed by atoms with E-state index in [0.717, 1.165) is 23.5 Å². The molecule has 2 atom stereocenters. The first kappa shape index (κ1) is 15.3. The predicted octanol–water partition coefficient (Wildman–Crippen LogP) is 1.52. The second kappa shape index (κ2) is 5.69. The lowest BCUT2D eigenvalue weighted by atomic mass is 10.1. The largest absolute Gasteiger partial charge is 0.307 e. The Hall–Kier alpha value is -1.14. The molecule has 1 aromatic rings. The van der Waals surface area contributed by atoms with Gasteiger partial charge in [0.1, 0.15) is 0 Å². The zero-order chi connectivity index (χ0) is 14.9. The Morgan fingerprint density at radius 1 is 1.55 bits per heavy atom. The van der Waals surface area contributed by atoms with Gasteiger partial charge in [0.15, 0.2) is 9.84 Å². The highest BCUT2D eigenvalue weighted by Gasteiger charge is 2.31. The van der Waals surface area contributed by atoms with Crippen LogP contribution in [0.3, 0.4) is 0 Å². The van der Waals surface area contributed by atoms with Gasteiger partial charge in [0.05, 0.1) is 23.2 Å². The summed E-state index contributed by atoms with van der Waals surface area (Å²) < 4.78 is 25.1. The van der Waals surface area contributed by atoms with Gasteiger partial charge < -0.3 is 5.32 Å². The van der Waals surface area contributed by atoms with E-state index in [2.05, 4.69) is 17.0 Å². The van der Waals surface area contributed by atoms with Crippen molar-refractivity contribution in [2.75, 3.05) is 11.5 Å². The van der Waals surface area contributed by atoms with Crippen molar-refractivity contribution in [2.45, 2.75) is 45.8 Å². The lowest BCUT2D eigenvalue weighted by Gasteiger charge is -2.12. The van der Waals surface area contributed by atoms with E-state index < -0.39 is 9.84 Å². The second-order valence-electron chi connectivity index (χ2n) is 5.56. The highest BCUT2D eigenvalue weighted by molar-refractivity contribution is 7.91. The Labute approximate surface area is 121 Å². The molecule has 112 valence electrons. The van der Waals surface area contributed by atoms with Gasteiger partial charge in [-0.25, -0.2) is 8.42 Å². The van der Waals surface area contributed by atoms with Crippen molar-refractivity contribution in [3.8, 4) is 0 Å². The smallest absolute Gasteiger partial charge is 0.152 e. The predicted molar refractivity (Wildman–Crippen MR) is 80.5 cm³/mol. The first-order chi connectivity index (χ1) is 9.34. The maximum Gasteiger partial charge on any atom is 0.152 e. The summed E-state index contributed by atoms with van der Waals surface area (Å²) in [5.74, 6) is 0.488. The fraction of sp³-hybridized carbons (Fsp3) is 0.643. The van der Waals surface area contributed by atoms with Crippen LogP contribution in [0, 0.1) is 13.8 Å². The van der Waals surface area contributed by atoms with Gasteiger partial charge in [-0.2, -0.15) is 5.10 Å². The van der Waals surface area contributed by atoms with Crippen molar-refractivity contribution in [1.29, 1.82) is 0 Å². The minimum Gasteiger partial charge on any atom is -0.307 e. The molecule has 1 N–H and O–H groups in total. The Kier molecular flexibility index (Phi) is 4.34. The van der Waals surface area contributed by atoms with Gasteiger partial charge in [-0.3, -0.25) is 4.68 Å². The molecule has 0 radical (unpaired) electrons. The number of nitrogens with one attached hydrogen (secondary N) is 1. The molecule has 1 fully saturated rings. The highest BCUT2D eigenvalue weighted by Crippen LogP contribution is 2.26. The molecule has 0 bridgehead atoms. The van der Waals surface area contributed by atoms with Gasteiger partial charge in [-0.05, 0) is 27.2 Å². The quantitative estimate of drug-likeness (QED) is 0.837. The Balaban J connectivity index is 2.19. The highest BCUT2D eigenvalue weighted by atomic mass is 32.2. The minimum atomic E-state index is -2.88. The summed E-state index contributed by atoms with van der Waals surface area (Å²) in [5, 5.41) is 7.91. The Bertz CT molecular complexity index is 604. The molecule has 0 aromatic carbocycles. The first-order valence-electron chi connectivity index (χ1n) is 6.95. The van der Waals surface area contributed by atoms with Gasteiger partial charge >= 0.3 is 0 Å². The lowest BCUT2D eigenvalue weighted by molar-refractivity contribution is 0.485. The van der Waals surface area contributed by atoms with Gasteiger partial charge in [-0.1, -0.05) is 6.08 Å². The molecule has 6 heteroatoms. The number of aromatic nitrogens is 2. The topological polar surface area (TPSA) is 64.0 Å². The van der Waals surface area contributed by atoms with Crippen molar-refractivity contribution in [2.24, 2.45) is 0 Å². The van der Waals surface area contributed by atoms with Crippen molar-refractivity contribution in [3.63, 3.8) is 0 Å². The maximum absolute atomic E-state index is 11.6. The van der Waals surface area contributed by atoms with E-state index in [1.54, 1.807) is 0 Å². The van der Waals surface area contributed by atoms with Crippen LogP contribution >= 0.6 is 0 Å². The molecule has 5 nitrogen and oxygen atoms in total. The van der Waals surface area contributed by atoms with Crippen molar-refractivity contribution >= 4 is 9.84 Å². The molecule has 2 rings (SSSR count). The average Bonchev–Trinajstić information content (AvgIpc) is 2.87. The van der Waals surface area contributed by atoms with Crippen LogP contribution in [-0.4, -0.2) is 35.7 Å². The van der Waals surface area contributed by atoms with Gasteiger partial charge in [0.25, 0.3) is 0 Å². The first-order valence-corrected chi connectivity index (χ1v) is 8.77. The van der Waals surface area contributed by atoms with E-state index in [0.29, 0.717) is 6.42 Å². The van der Waals surface area contributed by atoms with Crippen LogP contribution in [0.5, 0.6) is 0 Å². The van der Waals surface area contributed by atoms with Gasteiger partial charge in [0, 0.05) is 23.8 Å². The number of hydrogen-bond donors (Lipinski definition) is 1. The fourth-order valence-corrected chi connectivity index (χ4v) is 4.32. The third-order valence-corrected chi connectivity index (χ3v) is 5.73. The molecule has 1 aliphatic heterocycles. The molecular weight excluding hydrogens is 274 g/mol. The molecular formula is C14H23N3O2S. The van der Waals surface area contributed by atoms with Crippen LogP contribution in [0.1, 0.15) is 36.3 Å². The summed E-state index contributed by atoms with van der Waals surface area (Å²) >= 11 is 0. The number of nitrogens with zero attached hydrogens (tertiary/aromatic N) is 2. The molecule has 0 saturated carbocycles. The molecule has 20 heavy (non-hydrogen) atoms. The van der Waals surface area contributed by atoms with Crippen LogP contribution in [0.25, 0.3) is 0 Å². The summed E-state index contributed by atoms with van der Waals surface area (Å²) in [6, 6.07) is 0.230. The van der Waals surface area contributed by atoms with E-state index in [4.69, 9.17) is 0 Å². The summed E-state index contributed by atoms with van der Waals surface area (Å²) in [5.41, 5.74) is 3.19. The monoisotopic (exact) mass is 297 g/mol. The Morgan fingerprint density at radius 3 is 2.80 bits per heavy atom. The molecule has 2 heterocycles. The molecule has 1 saturated heterocycles. The summed E-state index contributed by atoms with van der Waals surface area (Å²) in [7, 11) is -2.88. The number of aryl methyl sites for hydroxylation is 1. The van der Waals surface area contributed by atoms with E-state index >= 15 is 0 Å². The van der Waals surface area contributed by atoms with Crippen molar-refractivity contribution in [3.05, 3.63) is 29.6 Å². The summed E-state index contributed by atoms with van der Waals surface area (Å²) in [6.45, 7) is 10.5. The fourth-order valence-electron chi connectivity index (χ4n) is 2.62. The molecule has 2 unspecified atom stereocenters. The third-order valence-electron chi connectivity index (χ3n) is 3.98. The van der Waals surface area contributed by atoms with Crippen molar-refractivity contribution in [1.82, 2.24) is 15.1 Å². The van der Waals surface area contributed by atoms with Crippen molar-refractivity contribution < 1.29 is 8.42 Å². The standard InChI is InChI=1S/C14H23N3O2S/c1-5-10(2)15-8-14-11(3)16-17(12(14)4)13-6-7-20(18,19)9-13/h5,10,13,15H,1,6-9H2,2-4H3. The molecule has 0 spiro atoms. The van der Waals surface area contributed by atoms with E-state index in [-0.39, 0.29) is 23.6 Å². The van der Waals surface area contributed by atoms with E-state index in [1.165, 1.54) is 0 Å². The van der Waals surface area contributed by atoms with Crippen LogP contribution in [0.4, 0.5) is 0 Å². The lowest BCUT2D eigenvalue weighted by Crippen LogP contribution is -2.23. The number of hydrogen-bond acceptors (Lipinski definition) is 4. The van der Waals surface area contributed by atoms with Gasteiger partial charge in [0.2, 0.25) is 0 Å². The van der Waals surface area contributed by atoms with E-state index in [1.807, 2.05) is 31.5 Å². The zero-order valence-corrected chi connectivity index (χ0v) is 13.2. The molecule has 1 aliphatic rings. The number of rotatable bonds is 5. The molecule has 0 amide bonds. The second-order valence-corrected chi connectivity index (χ2v) is 7.78. The maximum atomic E-state index is 11.6. The zero-order valence-electron chi connectivity index (χ0n) is 12.4. The minimum absolute atomic E-state index is 0.00993. The average molecular weight is 297 g/mol. The van der Waals surface area contributed by atoms with Crippen LogP contribution in [0.15, 0.2) is 12.7 Å². The normalized spacial score (nSPS) is 22.9. The molecule has 0 aliphatic carbocycles. The van der Waals surface area contributed by atoms with Gasteiger partial charge in [-0.15, -0.1) is 6.58 Å². The Morgan fingerprint density at radius 2 is 2.25 bits per heavy atom. The van der Waals surface area contributed by atoms with E-state index in [9.17, 15) is 8.42 Å². The molecule has 1 aromatic heterocycles. The third kappa shape index (κ3) is 3.12.